The van der Waals surface area contributed by atoms with Gasteiger partial charge in [0.15, 0.2) is 0 Å². The molecule has 12 heteroatoms. The van der Waals surface area contributed by atoms with Gasteiger partial charge in [-0.05, 0) is 31.0 Å². The number of amides is 1. The molecule has 28 heavy (non-hydrogen) atoms. The van der Waals surface area contributed by atoms with E-state index >= 15 is 0 Å². The highest BCUT2D eigenvalue weighted by atomic mass is 32.2. The van der Waals surface area contributed by atoms with E-state index in [0.29, 0.717) is 18.0 Å². The van der Waals surface area contributed by atoms with E-state index in [1.165, 1.54) is 27.2 Å². The monoisotopic (exact) mass is 446 g/mol. The summed E-state index contributed by atoms with van der Waals surface area (Å²) in [5.74, 6) is -0.451. The molecule has 154 valence electrons. The zero-order valence-corrected chi connectivity index (χ0v) is 17.7. The van der Waals surface area contributed by atoms with Crippen LogP contribution in [-0.4, -0.2) is 44.7 Å². The lowest BCUT2D eigenvalue weighted by Crippen LogP contribution is -2.35. The van der Waals surface area contributed by atoms with Crippen LogP contribution in [0.5, 0.6) is 0 Å². The van der Waals surface area contributed by atoms with Crippen LogP contribution in [0.4, 0.5) is 0 Å². The molecule has 0 unspecified atom stereocenters. The fourth-order valence-electron chi connectivity index (χ4n) is 3.02. The molecule has 0 aromatic carbocycles. The van der Waals surface area contributed by atoms with Gasteiger partial charge in [-0.15, -0.1) is 11.3 Å². The summed E-state index contributed by atoms with van der Waals surface area (Å²) in [6.07, 6.45) is 4.12. The molecular weight excluding hydrogens is 424 g/mol. The molecule has 1 amide bonds. The third-order valence-electron chi connectivity index (χ3n) is 4.51. The SMILES string of the molecule is Cn1cc(S(=O)(=O)N2CCCCC2)cc1C(=O)NCc1ccc(S(N)(=O)=O)s1. The molecule has 1 aliphatic heterocycles. The highest BCUT2D eigenvalue weighted by Crippen LogP contribution is 2.23. The molecule has 1 fully saturated rings. The van der Waals surface area contributed by atoms with Crippen molar-refractivity contribution in [3.63, 3.8) is 0 Å². The van der Waals surface area contributed by atoms with E-state index in [9.17, 15) is 21.6 Å². The molecule has 9 nitrogen and oxygen atoms in total. The van der Waals surface area contributed by atoms with Crippen molar-refractivity contribution in [1.82, 2.24) is 14.2 Å². The molecule has 0 spiro atoms. The number of primary sulfonamides is 1. The largest absolute Gasteiger partial charge is 0.346 e. The zero-order valence-electron chi connectivity index (χ0n) is 15.3. The summed E-state index contributed by atoms with van der Waals surface area (Å²) in [7, 11) is -5.79. The van der Waals surface area contributed by atoms with Crippen LogP contribution in [0.1, 0.15) is 34.6 Å². The number of nitrogens with two attached hydrogens (primary N) is 1. The molecule has 0 atom stereocenters. The first-order valence-corrected chi connectivity index (χ1v) is 12.5. The summed E-state index contributed by atoms with van der Waals surface area (Å²) in [6, 6.07) is 4.32. The van der Waals surface area contributed by atoms with Crippen LogP contribution in [-0.2, 0) is 33.6 Å². The number of nitrogens with one attached hydrogen (secondary N) is 1. The number of piperidine rings is 1. The van der Waals surface area contributed by atoms with Crippen LogP contribution < -0.4 is 10.5 Å². The number of hydrogen-bond acceptors (Lipinski definition) is 6. The van der Waals surface area contributed by atoms with Gasteiger partial charge in [0.1, 0.15) is 14.8 Å². The molecule has 2 aromatic heterocycles. The summed E-state index contributed by atoms with van der Waals surface area (Å²) < 4.78 is 51.1. The molecule has 0 saturated carbocycles. The molecule has 1 aliphatic rings. The molecule has 3 N–H and O–H groups in total. The number of aryl methyl sites for hydroxylation is 1. The lowest BCUT2D eigenvalue weighted by atomic mass is 10.2. The highest BCUT2D eigenvalue weighted by molar-refractivity contribution is 7.91. The van der Waals surface area contributed by atoms with Gasteiger partial charge in [-0.2, -0.15) is 4.31 Å². The maximum atomic E-state index is 12.8. The third kappa shape index (κ3) is 4.46. The van der Waals surface area contributed by atoms with Crippen molar-refractivity contribution >= 4 is 37.3 Å². The number of carbonyl (C=O) groups is 1. The van der Waals surface area contributed by atoms with Gasteiger partial charge < -0.3 is 9.88 Å². The van der Waals surface area contributed by atoms with Crippen LogP contribution in [0, 0.1) is 0 Å². The summed E-state index contributed by atoms with van der Waals surface area (Å²) >= 11 is 0.972. The van der Waals surface area contributed by atoms with E-state index in [2.05, 4.69) is 5.32 Å². The number of nitrogens with zero attached hydrogens (tertiary/aromatic N) is 2. The smallest absolute Gasteiger partial charge is 0.268 e. The van der Waals surface area contributed by atoms with Crippen molar-refractivity contribution in [3.8, 4) is 0 Å². The van der Waals surface area contributed by atoms with Crippen LogP contribution in [0.2, 0.25) is 0 Å². The second-order valence-electron chi connectivity index (χ2n) is 6.59. The van der Waals surface area contributed by atoms with Crippen molar-refractivity contribution in [2.24, 2.45) is 12.2 Å². The van der Waals surface area contributed by atoms with Gasteiger partial charge in [-0.1, -0.05) is 6.42 Å². The van der Waals surface area contributed by atoms with E-state index in [1.807, 2.05) is 0 Å². The number of carbonyl (C=O) groups excluding carboxylic acids is 1. The Balaban J connectivity index is 1.72. The molecule has 3 rings (SSSR count). The maximum Gasteiger partial charge on any atom is 0.268 e. The molecule has 0 aliphatic carbocycles. The average molecular weight is 447 g/mol. The minimum atomic E-state index is -3.77. The van der Waals surface area contributed by atoms with Crippen molar-refractivity contribution in [2.45, 2.75) is 34.9 Å². The predicted octanol–water partition coefficient (Wildman–Crippen LogP) is 0.839. The van der Waals surface area contributed by atoms with Gasteiger partial charge in [0.25, 0.3) is 5.91 Å². The molecule has 1 saturated heterocycles. The van der Waals surface area contributed by atoms with Gasteiger partial charge in [-0.25, -0.2) is 22.0 Å². The Bertz CT molecular complexity index is 1080. The van der Waals surface area contributed by atoms with E-state index in [4.69, 9.17) is 5.14 Å². The van der Waals surface area contributed by atoms with Crippen molar-refractivity contribution < 1.29 is 21.6 Å². The first-order chi connectivity index (χ1) is 13.1. The maximum absolute atomic E-state index is 12.8. The fraction of sp³-hybridized carbons (Fsp3) is 0.438. The number of aromatic nitrogens is 1. The lowest BCUT2D eigenvalue weighted by Gasteiger charge is -2.25. The summed E-state index contributed by atoms with van der Waals surface area (Å²) in [4.78, 5) is 13.2. The van der Waals surface area contributed by atoms with Crippen LogP contribution in [0.3, 0.4) is 0 Å². The Morgan fingerprint density at radius 1 is 1.18 bits per heavy atom. The van der Waals surface area contributed by atoms with E-state index in [-0.39, 0.29) is 21.3 Å². The molecule has 0 bridgehead atoms. The van der Waals surface area contributed by atoms with Crippen molar-refractivity contribution in [3.05, 3.63) is 35.0 Å². The minimum Gasteiger partial charge on any atom is -0.346 e. The summed E-state index contributed by atoms with van der Waals surface area (Å²) in [6.45, 7) is 1.09. The van der Waals surface area contributed by atoms with E-state index in [1.54, 1.807) is 13.1 Å². The minimum absolute atomic E-state index is 0.0190. The van der Waals surface area contributed by atoms with E-state index < -0.39 is 26.0 Å². The molecule has 3 heterocycles. The number of rotatable bonds is 6. The first-order valence-electron chi connectivity index (χ1n) is 8.65. The van der Waals surface area contributed by atoms with Gasteiger partial charge in [0.2, 0.25) is 20.0 Å². The van der Waals surface area contributed by atoms with Gasteiger partial charge in [-0.3, -0.25) is 4.79 Å². The average Bonchev–Trinajstić information content (AvgIpc) is 3.27. The van der Waals surface area contributed by atoms with Crippen molar-refractivity contribution in [1.29, 1.82) is 0 Å². The lowest BCUT2D eigenvalue weighted by molar-refractivity contribution is 0.0943. The summed E-state index contributed by atoms with van der Waals surface area (Å²) in [5, 5.41) is 7.74. The third-order valence-corrected chi connectivity index (χ3v) is 8.89. The Labute approximate surface area is 168 Å². The second-order valence-corrected chi connectivity index (χ2v) is 11.5. The fourth-order valence-corrected chi connectivity index (χ4v) is 6.33. The number of sulfonamides is 2. The first kappa shape index (κ1) is 21.0. The van der Waals surface area contributed by atoms with Gasteiger partial charge in [0.05, 0.1) is 6.54 Å². The van der Waals surface area contributed by atoms with Crippen LogP contribution in [0.25, 0.3) is 0 Å². The standard InChI is InChI=1S/C16H22N4O5S3/c1-19-11-13(28(24,25)20-7-3-2-4-8-20)9-14(19)16(21)18-10-12-5-6-15(26-12)27(17,22)23/h5-6,9,11H,2-4,7-8,10H2,1H3,(H,18,21)(H2,17,22,23). The highest BCUT2D eigenvalue weighted by Gasteiger charge is 2.28. The Morgan fingerprint density at radius 2 is 1.86 bits per heavy atom. The Hall–Kier alpha value is -1.73. The van der Waals surface area contributed by atoms with Gasteiger partial charge in [0, 0.05) is 31.2 Å². The Kier molecular flexibility index (Phi) is 5.96. The van der Waals surface area contributed by atoms with Crippen LogP contribution in [0.15, 0.2) is 33.5 Å². The topological polar surface area (TPSA) is 132 Å². The predicted molar refractivity (Wildman–Crippen MR) is 105 cm³/mol. The van der Waals surface area contributed by atoms with Crippen molar-refractivity contribution in [2.75, 3.05) is 13.1 Å². The molecule has 2 aromatic rings. The van der Waals surface area contributed by atoms with Gasteiger partial charge >= 0.3 is 0 Å². The second kappa shape index (κ2) is 7.95. The van der Waals surface area contributed by atoms with E-state index in [0.717, 1.165) is 30.6 Å². The number of thiophene rings is 1. The quantitative estimate of drug-likeness (QED) is 0.679. The number of hydrogen-bond donors (Lipinski definition) is 2. The van der Waals surface area contributed by atoms with Crippen LogP contribution >= 0.6 is 11.3 Å². The summed E-state index contributed by atoms with van der Waals surface area (Å²) in [5.41, 5.74) is 0.207. The normalized spacial score (nSPS) is 16.2. The zero-order chi connectivity index (χ0) is 20.5. The molecular formula is C16H22N4O5S3. The molecule has 0 radical (unpaired) electrons. The Morgan fingerprint density at radius 3 is 2.46 bits per heavy atom.